The van der Waals surface area contributed by atoms with Gasteiger partial charge in [0.25, 0.3) is 0 Å². The molecule has 1 heterocycles. The van der Waals surface area contributed by atoms with Crippen molar-refractivity contribution in [3.05, 3.63) is 28.8 Å². The third-order valence-corrected chi connectivity index (χ3v) is 5.45. The predicted octanol–water partition coefficient (Wildman–Crippen LogP) is 0.241. The largest absolute Gasteiger partial charge is 1.00 e. The van der Waals surface area contributed by atoms with Crippen LogP contribution in [0.15, 0.2) is 12.1 Å². The van der Waals surface area contributed by atoms with Crippen molar-refractivity contribution in [2.45, 2.75) is 58.9 Å². The summed E-state index contributed by atoms with van der Waals surface area (Å²) in [4.78, 5) is 2.25. The van der Waals surface area contributed by atoms with Crippen LogP contribution in [0, 0.1) is 0 Å². The molecule has 2 rings (SSSR count). The molecule has 1 aromatic rings. The third-order valence-electron chi connectivity index (χ3n) is 5.45. The van der Waals surface area contributed by atoms with Gasteiger partial charge in [-0.15, -0.1) is 5.75 Å². The van der Waals surface area contributed by atoms with E-state index in [2.05, 4.69) is 58.6 Å². The first-order chi connectivity index (χ1) is 14.6. The van der Waals surface area contributed by atoms with Gasteiger partial charge in [-0.2, -0.15) is 0 Å². The molecule has 1 aromatic carbocycles. The smallest absolute Gasteiger partial charge is 0.872 e. The van der Waals surface area contributed by atoms with E-state index < -0.39 is 0 Å². The minimum Gasteiger partial charge on any atom is -0.872 e. The average Bonchev–Trinajstić information content (AvgIpc) is 2.67. The minimum atomic E-state index is -0.198. The molecule has 0 saturated carbocycles. The number of hydrogen-bond donors (Lipinski definition) is 0. The zero-order valence-electron chi connectivity index (χ0n) is 21.4. The van der Waals surface area contributed by atoms with Crippen molar-refractivity contribution < 1.29 is 42.9 Å². The summed E-state index contributed by atoms with van der Waals surface area (Å²) in [5.41, 5.74) is 2.71. The molecule has 1 aliphatic heterocycles. The van der Waals surface area contributed by atoms with Gasteiger partial charge >= 0.3 is 18.9 Å². The number of benzene rings is 1. The van der Waals surface area contributed by atoms with E-state index in [1.165, 1.54) is 5.56 Å². The Hall–Kier alpha value is -0.583. The Bertz CT molecular complexity index is 654. The van der Waals surface area contributed by atoms with Crippen LogP contribution in [0.25, 0.3) is 0 Å². The molecule has 0 unspecified atom stereocenters. The summed E-state index contributed by atoms with van der Waals surface area (Å²) in [5.74, 6) is 0.153. The molecule has 1 aliphatic rings. The summed E-state index contributed by atoms with van der Waals surface area (Å²) in [6, 6.07) is 4.19. The summed E-state index contributed by atoms with van der Waals surface area (Å²) in [6.07, 6.45) is 0. The Balaban J connectivity index is 0.00000512. The molecule has 0 atom stereocenters. The van der Waals surface area contributed by atoms with Crippen molar-refractivity contribution in [3.8, 4) is 5.75 Å². The molecule has 32 heavy (non-hydrogen) atoms. The van der Waals surface area contributed by atoms with E-state index >= 15 is 0 Å². The average molecular weight is 444 g/mol. The zero-order valence-corrected chi connectivity index (χ0v) is 21.4. The predicted molar refractivity (Wildman–Crippen MR) is 122 cm³/mol. The molecular weight excluding hydrogens is 401 g/mol. The number of rotatable bonds is 2. The molecular formula is C25H42LiNO5. The first-order valence-electron chi connectivity index (χ1n) is 11.5. The van der Waals surface area contributed by atoms with Crippen LogP contribution in [-0.4, -0.2) is 70.8 Å². The van der Waals surface area contributed by atoms with Crippen molar-refractivity contribution in [2.24, 2.45) is 0 Å². The molecule has 0 N–H and O–H groups in total. The number of hydrogen-bond acceptors (Lipinski definition) is 6. The SMILES string of the molecule is CC(C)(C)c1cc(CN2CCOCCOCCOCCOCC2)c([O-])c(C(C)(C)C)c1.[Li+]. The first kappa shape index (κ1) is 29.4. The Morgan fingerprint density at radius 2 is 1.16 bits per heavy atom. The van der Waals surface area contributed by atoms with Crippen LogP contribution in [-0.2, 0) is 36.3 Å². The molecule has 0 aromatic heterocycles. The Morgan fingerprint density at radius 1 is 0.719 bits per heavy atom. The van der Waals surface area contributed by atoms with Crippen molar-refractivity contribution in [1.82, 2.24) is 4.90 Å². The van der Waals surface area contributed by atoms with Gasteiger partial charge in [0.05, 0.1) is 52.9 Å². The van der Waals surface area contributed by atoms with Crippen LogP contribution in [0.5, 0.6) is 5.75 Å². The first-order valence-corrected chi connectivity index (χ1v) is 11.5. The van der Waals surface area contributed by atoms with Crippen LogP contribution >= 0.6 is 0 Å². The maximum atomic E-state index is 13.3. The fourth-order valence-corrected chi connectivity index (χ4v) is 3.46. The van der Waals surface area contributed by atoms with Crippen LogP contribution in [0.3, 0.4) is 0 Å². The van der Waals surface area contributed by atoms with Gasteiger partial charge in [-0.25, -0.2) is 0 Å². The minimum absolute atomic E-state index is 0. The van der Waals surface area contributed by atoms with E-state index in [-0.39, 0.29) is 35.4 Å². The molecule has 6 nitrogen and oxygen atoms in total. The van der Waals surface area contributed by atoms with Crippen molar-refractivity contribution in [1.29, 1.82) is 0 Å². The fraction of sp³-hybridized carbons (Fsp3) is 0.760. The molecule has 7 heteroatoms. The topological polar surface area (TPSA) is 63.2 Å². The second-order valence-electron chi connectivity index (χ2n) is 10.2. The van der Waals surface area contributed by atoms with Gasteiger partial charge < -0.3 is 24.1 Å². The maximum Gasteiger partial charge on any atom is 1.00 e. The number of nitrogens with zero attached hydrogens (tertiary/aromatic N) is 1. The number of ether oxygens (including phenoxy) is 4. The summed E-state index contributed by atoms with van der Waals surface area (Å²) < 4.78 is 22.5. The van der Waals surface area contributed by atoms with Gasteiger partial charge in [-0.05, 0) is 27.5 Å². The van der Waals surface area contributed by atoms with E-state index in [1.807, 2.05) is 0 Å². The molecule has 0 spiro atoms. The standard InChI is InChI=1S/C25H43NO5.Li/c1-24(2,3)21-17-20(23(27)22(18-21)25(4,5)6)19-26-7-9-28-11-13-30-15-16-31-14-12-29-10-8-26;/h17-18,27H,7-16,19H2,1-6H3;/q;+1/p-1. The monoisotopic (exact) mass is 443 g/mol. The molecule has 1 saturated heterocycles. The van der Waals surface area contributed by atoms with Crippen LogP contribution in [0.2, 0.25) is 0 Å². The molecule has 0 amide bonds. The van der Waals surface area contributed by atoms with Gasteiger partial charge in [0.2, 0.25) is 0 Å². The second-order valence-corrected chi connectivity index (χ2v) is 10.2. The van der Waals surface area contributed by atoms with Gasteiger partial charge in [-0.3, -0.25) is 4.90 Å². The van der Waals surface area contributed by atoms with Crippen LogP contribution in [0.4, 0.5) is 0 Å². The van der Waals surface area contributed by atoms with Crippen molar-refractivity contribution in [3.63, 3.8) is 0 Å². The second kappa shape index (κ2) is 14.0. The Kier molecular flexibility index (Phi) is 12.9. The molecule has 0 radical (unpaired) electrons. The summed E-state index contributed by atoms with van der Waals surface area (Å²) >= 11 is 0. The van der Waals surface area contributed by atoms with Gasteiger partial charge in [-0.1, -0.05) is 53.7 Å². The van der Waals surface area contributed by atoms with E-state index in [4.69, 9.17) is 18.9 Å². The van der Waals surface area contributed by atoms with E-state index in [0.29, 0.717) is 59.4 Å². The quantitative estimate of drug-likeness (QED) is 0.611. The van der Waals surface area contributed by atoms with Crippen LogP contribution in [0.1, 0.15) is 58.2 Å². The van der Waals surface area contributed by atoms with Gasteiger partial charge in [0.1, 0.15) is 0 Å². The molecule has 1 fully saturated rings. The van der Waals surface area contributed by atoms with Gasteiger partial charge in [0.15, 0.2) is 0 Å². The fourth-order valence-electron chi connectivity index (χ4n) is 3.46. The van der Waals surface area contributed by atoms with E-state index in [0.717, 1.165) is 24.2 Å². The van der Waals surface area contributed by atoms with Crippen LogP contribution < -0.4 is 24.0 Å². The van der Waals surface area contributed by atoms with E-state index in [9.17, 15) is 5.11 Å². The van der Waals surface area contributed by atoms with Crippen molar-refractivity contribution >= 4 is 0 Å². The zero-order chi connectivity index (χ0) is 22.9. The van der Waals surface area contributed by atoms with E-state index in [1.54, 1.807) is 0 Å². The van der Waals surface area contributed by atoms with Crippen molar-refractivity contribution in [2.75, 3.05) is 65.9 Å². The summed E-state index contributed by atoms with van der Waals surface area (Å²) in [7, 11) is 0. The summed E-state index contributed by atoms with van der Waals surface area (Å²) in [5, 5.41) is 13.3. The Labute approximate surface area is 207 Å². The third kappa shape index (κ3) is 10.1. The maximum absolute atomic E-state index is 13.3. The molecule has 0 bridgehead atoms. The van der Waals surface area contributed by atoms with Gasteiger partial charge in [0, 0.05) is 19.6 Å². The summed E-state index contributed by atoms with van der Waals surface area (Å²) in [6.45, 7) is 19.6. The molecule has 0 aliphatic carbocycles. The normalized spacial score (nSPS) is 18.9. The Morgan fingerprint density at radius 3 is 1.56 bits per heavy atom. The molecule has 178 valence electrons.